The van der Waals surface area contributed by atoms with E-state index >= 15 is 0 Å². The molecule has 2 fully saturated rings. The molecule has 0 spiro atoms. The van der Waals surface area contributed by atoms with Crippen molar-refractivity contribution in [1.29, 1.82) is 0 Å². The van der Waals surface area contributed by atoms with Gasteiger partial charge in [-0.05, 0) is 38.2 Å². The first-order valence-corrected chi connectivity index (χ1v) is 9.41. The van der Waals surface area contributed by atoms with Gasteiger partial charge in [0.05, 0.1) is 17.3 Å². The Labute approximate surface area is 140 Å². The van der Waals surface area contributed by atoms with Gasteiger partial charge in [0.2, 0.25) is 0 Å². The highest BCUT2D eigenvalue weighted by Gasteiger charge is 2.29. The van der Waals surface area contributed by atoms with E-state index in [0.29, 0.717) is 12.0 Å². The molecule has 1 saturated heterocycles. The lowest BCUT2D eigenvalue weighted by atomic mass is 10.0. The lowest BCUT2D eigenvalue weighted by Gasteiger charge is -2.31. The lowest BCUT2D eigenvalue weighted by Crippen LogP contribution is -2.39. The Hall–Kier alpha value is -1.69. The summed E-state index contributed by atoms with van der Waals surface area (Å²) in [6, 6.07) is 2.42. The Morgan fingerprint density at radius 2 is 2.09 bits per heavy atom. The first-order valence-electron chi connectivity index (χ1n) is 8.53. The number of rotatable bonds is 4. The minimum absolute atomic E-state index is 0.177. The molecule has 1 aliphatic carbocycles. The van der Waals surface area contributed by atoms with Crippen molar-refractivity contribution in [1.82, 2.24) is 19.9 Å². The molecule has 4 rings (SSSR count). The van der Waals surface area contributed by atoms with Crippen LogP contribution in [0.3, 0.4) is 0 Å². The monoisotopic (exact) mass is 330 g/mol. The second-order valence-electron chi connectivity index (χ2n) is 6.58. The topological polar surface area (TPSA) is 51.0 Å². The van der Waals surface area contributed by atoms with Gasteiger partial charge in [-0.1, -0.05) is 12.1 Å². The molecule has 1 amide bonds. The number of nitrogens with zero attached hydrogens (tertiary/aromatic N) is 4. The number of hydrogen-bond acceptors (Lipinski definition) is 4. The molecule has 2 aromatic heterocycles. The Bertz CT molecular complexity index is 695. The van der Waals surface area contributed by atoms with Gasteiger partial charge in [-0.25, -0.2) is 4.68 Å². The van der Waals surface area contributed by atoms with Crippen molar-refractivity contribution in [3.05, 3.63) is 33.8 Å². The molecule has 2 aliphatic rings. The van der Waals surface area contributed by atoms with Crippen molar-refractivity contribution in [3.63, 3.8) is 0 Å². The third kappa shape index (κ3) is 3.04. The van der Waals surface area contributed by atoms with Gasteiger partial charge in [-0.3, -0.25) is 4.79 Å². The van der Waals surface area contributed by atoms with Crippen LogP contribution in [0.25, 0.3) is 0 Å². The molecule has 0 aromatic carbocycles. The van der Waals surface area contributed by atoms with Gasteiger partial charge in [0.15, 0.2) is 0 Å². The summed E-state index contributed by atoms with van der Waals surface area (Å²) in [4.78, 5) is 15.8. The van der Waals surface area contributed by atoms with Crippen LogP contribution >= 0.6 is 11.3 Å². The molecule has 3 heterocycles. The zero-order valence-corrected chi connectivity index (χ0v) is 14.3. The van der Waals surface area contributed by atoms with Crippen molar-refractivity contribution >= 4 is 17.2 Å². The summed E-state index contributed by atoms with van der Waals surface area (Å²) in [6.07, 6.45) is 7.55. The van der Waals surface area contributed by atoms with Crippen LogP contribution in [0.15, 0.2) is 17.6 Å². The molecule has 23 heavy (non-hydrogen) atoms. The summed E-state index contributed by atoms with van der Waals surface area (Å²) in [5, 5.41) is 10.6. The molecular formula is C17H22N4OS. The van der Waals surface area contributed by atoms with Gasteiger partial charge in [0.1, 0.15) is 0 Å². The van der Waals surface area contributed by atoms with E-state index in [1.807, 2.05) is 21.0 Å². The summed E-state index contributed by atoms with van der Waals surface area (Å²) in [7, 11) is 0. The maximum absolute atomic E-state index is 12.6. The molecule has 5 nitrogen and oxygen atoms in total. The third-order valence-corrected chi connectivity index (χ3v) is 5.98. The van der Waals surface area contributed by atoms with Crippen LogP contribution in [-0.4, -0.2) is 38.9 Å². The van der Waals surface area contributed by atoms with Gasteiger partial charge in [-0.2, -0.15) is 0 Å². The van der Waals surface area contributed by atoms with E-state index in [9.17, 15) is 4.79 Å². The predicted molar refractivity (Wildman–Crippen MR) is 89.9 cm³/mol. The number of amides is 1. The standard InChI is InChI=1S/C17H22N4OS/c1-2-15-9-13(11-23-15)17(22)20-7-5-14(6-8-20)21-10-16(18-19-21)12-3-4-12/h9-12,14H,2-8H2,1H3. The number of piperidine rings is 1. The van der Waals surface area contributed by atoms with E-state index in [1.54, 1.807) is 11.3 Å². The highest BCUT2D eigenvalue weighted by molar-refractivity contribution is 7.10. The molecule has 6 heteroatoms. The van der Waals surface area contributed by atoms with Gasteiger partial charge < -0.3 is 4.90 Å². The van der Waals surface area contributed by atoms with Crippen molar-refractivity contribution in [2.75, 3.05) is 13.1 Å². The van der Waals surface area contributed by atoms with Crippen molar-refractivity contribution < 1.29 is 4.79 Å². The first-order chi connectivity index (χ1) is 11.2. The Morgan fingerprint density at radius 1 is 1.30 bits per heavy atom. The van der Waals surface area contributed by atoms with Crippen LogP contribution in [-0.2, 0) is 6.42 Å². The first kappa shape index (κ1) is 14.9. The Kier molecular flexibility index (Phi) is 3.93. The quantitative estimate of drug-likeness (QED) is 0.864. The zero-order valence-electron chi connectivity index (χ0n) is 13.4. The highest BCUT2D eigenvalue weighted by Crippen LogP contribution is 2.39. The third-order valence-electron chi connectivity index (χ3n) is 4.90. The number of carbonyl (C=O) groups is 1. The molecule has 1 saturated carbocycles. The van der Waals surface area contributed by atoms with Crippen molar-refractivity contribution in [2.24, 2.45) is 0 Å². The average molecular weight is 330 g/mol. The molecular weight excluding hydrogens is 308 g/mol. The maximum Gasteiger partial charge on any atom is 0.254 e. The van der Waals surface area contributed by atoms with Gasteiger partial charge in [0, 0.05) is 35.5 Å². The van der Waals surface area contributed by atoms with E-state index in [1.165, 1.54) is 17.7 Å². The fraction of sp³-hybridized carbons (Fsp3) is 0.588. The Balaban J connectivity index is 1.37. The highest BCUT2D eigenvalue weighted by atomic mass is 32.1. The van der Waals surface area contributed by atoms with Gasteiger partial charge in [0.25, 0.3) is 5.91 Å². The number of thiophene rings is 1. The molecule has 0 radical (unpaired) electrons. The Morgan fingerprint density at radius 3 is 2.74 bits per heavy atom. The zero-order chi connectivity index (χ0) is 15.8. The molecule has 0 atom stereocenters. The smallest absolute Gasteiger partial charge is 0.254 e. The SMILES string of the molecule is CCc1cc(C(=O)N2CCC(n3cc(C4CC4)nn3)CC2)cs1. The molecule has 122 valence electrons. The fourth-order valence-electron chi connectivity index (χ4n) is 3.23. The largest absolute Gasteiger partial charge is 0.338 e. The number of likely N-dealkylation sites (tertiary alicyclic amines) is 1. The van der Waals surface area contributed by atoms with E-state index in [-0.39, 0.29) is 5.91 Å². The number of carbonyl (C=O) groups excluding carboxylic acids is 1. The summed E-state index contributed by atoms with van der Waals surface area (Å²) in [5.41, 5.74) is 2.00. The lowest BCUT2D eigenvalue weighted by molar-refractivity contribution is 0.0689. The predicted octanol–water partition coefficient (Wildman–Crippen LogP) is 3.26. The molecule has 1 aliphatic heterocycles. The van der Waals surface area contributed by atoms with E-state index in [4.69, 9.17) is 0 Å². The van der Waals surface area contributed by atoms with Crippen LogP contribution in [0.2, 0.25) is 0 Å². The number of aryl methyl sites for hydroxylation is 1. The van der Waals surface area contributed by atoms with Crippen LogP contribution in [0, 0.1) is 0 Å². The summed E-state index contributed by atoms with van der Waals surface area (Å²) in [5.74, 6) is 0.827. The van der Waals surface area contributed by atoms with Crippen molar-refractivity contribution in [2.45, 2.75) is 51.0 Å². The molecule has 2 aromatic rings. The van der Waals surface area contributed by atoms with Crippen LogP contribution < -0.4 is 0 Å². The van der Waals surface area contributed by atoms with Crippen LogP contribution in [0.5, 0.6) is 0 Å². The molecule has 0 bridgehead atoms. The normalized spacial score (nSPS) is 19.3. The van der Waals surface area contributed by atoms with Crippen molar-refractivity contribution in [3.8, 4) is 0 Å². The summed E-state index contributed by atoms with van der Waals surface area (Å²) < 4.78 is 2.02. The second-order valence-corrected chi connectivity index (χ2v) is 7.57. The van der Waals surface area contributed by atoms with E-state index < -0.39 is 0 Å². The number of hydrogen-bond donors (Lipinski definition) is 0. The number of aromatic nitrogens is 3. The van der Waals surface area contributed by atoms with E-state index in [0.717, 1.165) is 43.6 Å². The minimum atomic E-state index is 0.177. The van der Waals surface area contributed by atoms with Gasteiger partial charge >= 0.3 is 0 Å². The molecule has 0 unspecified atom stereocenters. The average Bonchev–Trinajstić information content (AvgIpc) is 3.14. The molecule has 0 N–H and O–H groups in total. The van der Waals surface area contributed by atoms with Crippen LogP contribution in [0.4, 0.5) is 0 Å². The minimum Gasteiger partial charge on any atom is -0.338 e. The van der Waals surface area contributed by atoms with Gasteiger partial charge in [-0.15, -0.1) is 16.4 Å². The van der Waals surface area contributed by atoms with E-state index in [2.05, 4.69) is 23.4 Å². The van der Waals surface area contributed by atoms with Crippen LogP contribution in [0.1, 0.15) is 65.5 Å². The summed E-state index contributed by atoms with van der Waals surface area (Å²) in [6.45, 7) is 3.73. The maximum atomic E-state index is 12.6. The second kappa shape index (κ2) is 6.07. The summed E-state index contributed by atoms with van der Waals surface area (Å²) >= 11 is 1.68. The fourth-order valence-corrected chi connectivity index (χ4v) is 4.04.